The van der Waals surface area contributed by atoms with Gasteiger partial charge in [0.2, 0.25) is 0 Å². The van der Waals surface area contributed by atoms with Crippen molar-refractivity contribution < 1.29 is 32.6 Å². The lowest BCUT2D eigenvalue weighted by Crippen LogP contribution is -2.52. The average molecular weight is 387 g/mol. The van der Waals surface area contributed by atoms with Gasteiger partial charge >= 0.3 is 0 Å². The summed E-state index contributed by atoms with van der Waals surface area (Å²) in [7, 11) is -12.9. The molecule has 1 aromatic rings. The lowest BCUT2D eigenvalue weighted by atomic mass is 9.98. The van der Waals surface area contributed by atoms with Crippen molar-refractivity contribution in [3.63, 3.8) is 0 Å². The van der Waals surface area contributed by atoms with Gasteiger partial charge in [0.1, 0.15) is 11.0 Å². The molecule has 0 bridgehead atoms. The molecule has 2 rings (SSSR count). The van der Waals surface area contributed by atoms with Crippen molar-refractivity contribution in [2.75, 3.05) is 7.11 Å². The fourth-order valence-electron chi connectivity index (χ4n) is 2.13. The van der Waals surface area contributed by atoms with Gasteiger partial charge in [0, 0.05) is 12.8 Å². The standard InChI is InChI=1S/C11H12ClF5O3S2/c1-20-8-3-2-4-9(5-8)21(18,19)11(12)6-10(7-11)22(13,14,15,16)17/h2-5,10H,6-7H2,1H3. The van der Waals surface area contributed by atoms with E-state index in [0.717, 1.165) is 12.1 Å². The lowest BCUT2D eigenvalue weighted by Gasteiger charge is -2.55. The van der Waals surface area contributed by atoms with Crippen molar-refractivity contribution >= 4 is 31.7 Å². The Morgan fingerprint density at radius 1 is 1.23 bits per heavy atom. The van der Waals surface area contributed by atoms with Gasteiger partial charge in [-0.25, -0.2) is 8.42 Å². The zero-order valence-electron chi connectivity index (χ0n) is 11.1. The van der Waals surface area contributed by atoms with Crippen LogP contribution in [0.2, 0.25) is 0 Å². The van der Waals surface area contributed by atoms with Crippen LogP contribution < -0.4 is 4.74 Å². The van der Waals surface area contributed by atoms with Crippen LogP contribution in [0.4, 0.5) is 19.4 Å². The highest BCUT2D eigenvalue weighted by Crippen LogP contribution is 3.02. The van der Waals surface area contributed by atoms with E-state index in [1.54, 1.807) is 0 Å². The summed E-state index contributed by atoms with van der Waals surface area (Å²) in [6, 6.07) is 4.94. The smallest absolute Gasteiger partial charge is 0.288 e. The predicted octanol–water partition coefficient (Wildman–Crippen LogP) is 4.86. The largest absolute Gasteiger partial charge is 0.497 e. The number of rotatable bonds is 4. The van der Waals surface area contributed by atoms with E-state index < -0.39 is 42.4 Å². The molecule has 0 aromatic heterocycles. The molecule has 1 saturated carbocycles. The van der Waals surface area contributed by atoms with Crippen LogP contribution >= 0.6 is 21.8 Å². The Morgan fingerprint density at radius 2 is 1.77 bits per heavy atom. The van der Waals surface area contributed by atoms with Gasteiger partial charge in [-0.05, 0) is 18.2 Å². The maximum Gasteiger partial charge on any atom is 0.288 e. The first-order valence-electron chi connectivity index (χ1n) is 5.90. The Hall–Kier alpha value is -0.740. The highest BCUT2D eigenvalue weighted by Gasteiger charge is 2.77. The SMILES string of the molecule is COc1cccc(S(=O)(=O)C2(Cl)CC(S(F)(F)(F)(F)F)C2)c1. The lowest BCUT2D eigenvalue weighted by molar-refractivity contribution is 0.291. The Kier molecular flexibility index (Phi) is 3.37. The van der Waals surface area contributed by atoms with E-state index in [1.807, 2.05) is 0 Å². The van der Waals surface area contributed by atoms with E-state index >= 15 is 0 Å². The first-order valence-corrected chi connectivity index (χ1v) is 9.77. The minimum atomic E-state index is -9.74. The summed E-state index contributed by atoms with van der Waals surface area (Å²) in [5.74, 6) is 0.157. The van der Waals surface area contributed by atoms with Crippen molar-refractivity contribution in [2.45, 2.75) is 27.2 Å². The molecule has 0 saturated heterocycles. The van der Waals surface area contributed by atoms with E-state index in [-0.39, 0.29) is 10.6 Å². The molecule has 1 aliphatic rings. The van der Waals surface area contributed by atoms with Gasteiger partial charge in [0.05, 0.1) is 12.0 Å². The summed E-state index contributed by atoms with van der Waals surface area (Å²) in [4.78, 5) is -0.373. The molecule has 0 atom stereocenters. The number of hydrogen-bond donors (Lipinski definition) is 0. The third kappa shape index (κ3) is 3.00. The molecular weight excluding hydrogens is 375 g/mol. The second-order valence-electron chi connectivity index (χ2n) is 5.12. The maximum atomic E-state index is 12.6. The molecule has 0 unspecified atom stereocenters. The molecular formula is C11H12ClF5O3S2. The minimum absolute atomic E-state index is 0.157. The van der Waals surface area contributed by atoms with Crippen molar-refractivity contribution in [2.24, 2.45) is 0 Å². The van der Waals surface area contributed by atoms with Crippen LogP contribution in [0.15, 0.2) is 29.2 Å². The zero-order chi connectivity index (χ0) is 17.1. The Labute approximate surface area is 129 Å². The summed E-state index contributed by atoms with van der Waals surface area (Å²) in [5, 5.41) is -2.99. The molecule has 0 spiro atoms. The highest BCUT2D eigenvalue weighted by atomic mass is 35.5. The molecule has 22 heavy (non-hydrogen) atoms. The Morgan fingerprint density at radius 3 is 2.23 bits per heavy atom. The van der Waals surface area contributed by atoms with Crippen molar-refractivity contribution in [1.82, 2.24) is 0 Å². The quantitative estimate of drug-likeness (QED) is 0.548. The van der Waals surface area contributed by atoms with Gasteiger partial charge in [-0.1, -0.05) is 25.5 Å². The van der Waals surface area contributed by atoms with Crippen LogP contribution in [-0.4, -0.2) is 25.0 Å². The van der Waals surface area contributed by atoms with Crippen LogP contribution in [0, 0.1) is 0 Å². The van der Waals surface area contributed by atoms with Crippen LogP contribution in [0.1, 0.15) is 12.8 Å². The fourth-order valence-corrected chi connectivity index (χ4v) is 6.16. The summed E-state index contributed by atoms with van der Waals surface area (Å²) in [6.07, 6.45) is -2.74. The molecule has 0 radical (unpaired) electrons. The summed E-state index contributed by atoms with van der Waals surface area (Å²) >= 11 is 5.71. The normalized spacial score (nSPS) is 29.1. The van der Waals surface area contributed by atoms with Crippen LogP contribution in [0.25, 0.3) is 0 Å². The number of benzene rings is 1. The monoisotopic (exact) mass is 386 g/mol. The van der Waals surface area contributed by atoms with Gasteiger partial charge < -0.3 is 4.74 Å². The maximum absolute atomic E-state index is 12.6. The molecule has 0 aliphatic heterocycles. The summed E-state index contributed by atoms with van der Waals surface area (Å²) in [5.41, 5.74) is 0. The molecule has 0 heterocycles. The van der Waals surface area contributed by atoms with E-state index in [4.69, 9.17) is 16.3 Å². The highest BCUT2D eigenvalue weighted by molar-refractivity contribution is 8.46. The summed E-state index contributed by atoms with van der Waals surface area (Å²) < 4.78 is 90.2. The average Bonchev–Trinajstić information content (AvgIpc) is 2.32. The second-order valence-corrected chi connectivity index (χ2v) is 11.1. The first kappa shape index (κ1) is 17.6. The molecule has 3 nitrogen and oxygen atoms in total. The zero-order valence-corrected chi connectivity index (χ0v) is 13.5. The van der Waals surface area contributed by atoms with Crippen LogP contribution in [0.3, 0.4) is 0 Å². The third-order valence-electron chi connectivity index (χ3n) is 3.53. The van der Waals surface area contributed by atoms with Crippen LogP contribution in [0.5, 0.6) is 5.75 Å². The molecule has 1 aliphatic carbocycles. The van der Waals surface area contributed by atoms with Crippen molar-refractivity contribution in [3.8, 4) is 5.75 Å². The second kappa shape index (κ2) is 4.21. The molecule has 128 valence electrons. The van der Waals surface area contributed by atoms with E-state index in [0.29, 0.717) is 0 Å². The molecule has 1 aromatic carbocycles. The number of halogens is 6. The summed E-state index contributed by atoms with van der Waals surface area (Å²) in [6.45, 7) is 0. The Bertz CT molecular complexity index is 711. The number of hydrogen-bond acceptors (Lipinski definition) is 3. The first-order chi connectivity index (χ1) is 9.59. The molecule has 0 amide bonds. The number of methoxy groups -OCH3 is 1. The topological polar surface area (TPSA) is 43.4 Å². The van der Waals surface area contributed by atoms with E-state index in [1.165, 1.54) is 19.2 Å². The van der Waals surface area contributed by atoms with Gasteiger partial charge in [-0.15, -0.1) is 11.6 Å². The van der Waals surface area contributed by atoms with Gasteiger partial charge in [0.15, 0.2) is 14.0 Å². The van der Waals surface area contributed by atoms with Gasteiger partial charge in [-0.2, -0.15) is 0 Å². The minimum Gasteiger partial charge on any atom is -0.497 e. The van der Waals surface area contributed by atoms with E-state index in [9.17, 15) is 27.8 Å². The van der Waals surface area contributed by atoms with Crippen molar-refractivity contribution in [3.05, 3.63) is 24.3 Å². The van der Waals surface area contributed by atoms with Gasteiger partial charge in [0.25, 0.3) is 10.2 Å². The third-order valence-corrected chi connectivity index (χ3v) is 8.21. The molecule has 0 N–H and O–H groups in total. The molecule has 1 fully saturated rings. The predicted molar refractivity (Wildman–Crippen MR) is 74.9 cm³/mol. The van der Waals surface area contributed by atoms with Gasteiger partial charge in [-0.3, -0.25) is 0 Å². The number of alkyl halides is 1. The Balaban J connectivity index is 2.33. The number of ether oxygens (including phenoxy) is 1. The molecule has 11 heteroatoms. The van der Waals surface area contributed by atoms with Crippen LogP contribution in [-0.2, 0) is 9.84 Å². The fraction of sp³-hybridized carbons (Fsp3) is 0.455. The van der Waals surface area contributed by atoms with Crippen molar-refractivity contribution in [1.29, 1.82) is 0 Å². The van der Waals surface area contributed by atoms with E-state index in [2.05, 4.69) is 0 Å². The number of sulfone groups is 1.